The molecule has 0 bridgehead atoms. The SMILES string of the molecule is CCCCCCCCCCCCCCCCCC(=O)O.CO[Si](CCCN)(OC)OC.[H-].[H-].[Mg+2]. The third-order valence-electron chi connectivity index (χ3n) is 5.61. The number of rotatable bonds is 22. The predicted octanol–water partition coefficient (Wildman–Crippen LogP) is 6.39. The molecule has 3 N–H and O–H groups in total. The van der Waals surface area contributed by atoms with Crippen LogP contribution in [0.1, 0.15) is 119 Å². The van der Waals surface area contributed by atoms with Crippen molar-refractivity contribution in [2.75, 3.05) is 27.9 Å². The van der Waals surface area contributed by atoms with Gasteiger partial charge in [-0.15, -0.1) is 0 Å². The van der Waals surface area contributed by atoms with Gasteiger partial charge in [0, 0.05) is 33.8 Å². The average Bonchev–Trinajstić information content (AvgIpc) is 2.78. The minimum Gasteiger partial charge on any atom is -1.00 e. The minimum absolute atomic E-state index is 0. The molecule has 0 unspecified atom stereocenters. The molecule has 0 amide bonds. The van der Waals surface area contributed by atoms with Gasteiger partial charge < -0.3 is 27.0 Å². The van der Waals surface area contributed by atoms with Crippen LogP contribution < -0.4 is 5.73 Å². The summed E-state index contributed by atoms with van der Waals surface area (Å²) in [6.07, 6.45) is 21.1. The van der Waals surface area contributed by atoms with Crippen molar-refractivity contribution in [2.45, 2.75) is 122 Å². The van der Waals surface area contributed by atoms with Crippen molar-refractivity contribution in [2.24, 2.45) is 5.73 Å². The molecule has 0 aliphatic rings. The fourth-order valence-electron chi connectivity index (χ4n) is 3.52. The maximum absolute atomic E-state index is 10.3. The Kier molecular flexibility index (Phi) is 33.8. The van der Waals surface area contributed by atoms with E-state index in [1.807, 2.05) is 0 Å². The summed E-state index contributed by atoms with van der Waals surface area (Å²) < 4.78 is 15.5. The van der Waals surface area contributed by atoms with E-state index in [-0.39, 0.29) is 25.9 Å². The van der Waals surface area contributed by atoms with Gasteiger partial charge in [-0.1, -0.05) is 96.8 Å². The van der Waals surface area contributed by atoms with Crippen molar-refractivity contribution >= 4 is 37.8 Å². The molecule has 0 rings (SSSR count). The second-order valence-corrected chi connectivity index (χ2v) is 11.4. The van der Waals surface area contributed by atoms with Crippen LogP contribution in [-0.2, 0) is 18.1 Å². The normalized spacial score (nSPS) is 10.9. The molecule has 0 aliphatic carbocycles. The van der Waals surface area contributed by atoms with Crippen LogP contribution in [0.2, 0.25) is 6.04 Å². The summed E-state index contributed by atoms with van der Waals surface area (Å²) in [5.41, 5.74) is 5.36. The van der Waals surface area contributed by atoms with Crippen molar-refractivity contribution in [1.29, 1.82) is 0 Å². The molecule has 0 heterocycles. The number of carboxylic acids is 1. The Bertz CT molecular complexity index is 377. The number of aliphatic carboxylic acids is 1. The van der Waals surface area contributed by atoms with E-state index in [9.17, 15) is 4.79 Å². The number of unbranched alkanes of at least 4 members (excludes halogenated alkanes) is 14. The van der Waals surface area contributed by atoms with E-state index in [0.29, 0.717) is 13.0 Å². The van der Waals surface area contributed by atoms with Crippen LogP contribution in [-0.4, -0.2) is 70.8 Å². The number of hydrogen-bond donors (Lipinski definition) is 2. The van der Waals surface area contributed by atoms with Gasteiger partial charge in [0.05, 0.1) is 0 Å². The molecule has 0 aliphatic heterocycles. The Balaban J connectivity index is -0.000000173. The Morgan fingerprint density at radius 2 is 1.06 bits per heavy atom. The van der Waals surface area contributed by atoms with Crippen LogP contribution in [0.25, 0.3) is 0 Å². The van der Waals surface area contributed by atoms with Gasteiger partial charge in [0.15, 0.2) is 0 Å². The Hall–Kier alpha value is 0.293. The smallest absolute Gasteiger partial charge is 1.00 e. The molecule has 0 aromatic heterocycles. The number of nitrogens with two attached hydrogens (primary N) is 1. The molecule has 0 fully saturated rings. The second-order valence-electron chi connectivity index (χ2n) is 8.28. The van der Waals surface area contributed by atoms with E-state index in [2.05, 4.69) is 6.92 Å². The zero-order valence-corrected chi connectivity index (χ0v) is 24.2. The van der Waals surface area contributed by atoms with E-state index in [4.69, 9.17) is 24.1 Å². The van der Waals surface area contributed by atoms with Gasteiger partial charge in [0.25, 0.3) is 0 Å². The van der Waals surface area contributed by atoms with E-state index in [1.165, 1.54) is 83.5 Å². The molecule has 192 valence electrons. The van der Waals surface area contributed by atoms with Gasteiger partial charge in [-0.05, 0) is 19.4 Å². The summed E-state index contributed by atoms with van der Waals surface area (Å²) in [5, 5.41) is 8.52. The molecule has 0 saturated heterocycles. The van der Waals surface area contributed by atoms with Gasteiger partial charge in [0.1, 0.15) is 0 Å². The summed E-state index contributed by atoms with van der Waals surface area (Å²) in [5.74, 6) is -0.653. The zero-order valence-electron chi connectivity index (χ0n) is 23.8. The summed E-state index contributed by atoms with van der Waals surface area (Å²) in [6, 6.07) is 0.785. The van der Waals surface area contributed by atoms with Crippen LogP contribution >= 0.6 is 0 Å². The van der Waals surface area contributed by atoms with E-state index < -0.39 is 14.8 Å². The van der Waals surface area contributed by atoms with Crippen LogP contribution in [0.5, 0.6) is 0 Å². The summed E-state index contributed by atoms with van der Waals surface area (Å²) in [6.45, 7) is 2.91. The molecule has 8 heteroatoms. The summed E-state index contributed by atoms with van der Waals surface area (Å²) >= 11 is 0. The first kappa shape index (κ1) is 36.9. The molecular formula is C24H55MgNO5Si. The van der Waals surface area contributed by atoms with Crippen molar-refractivity contribution in [3.05, 3.63) is 0 Å². The quantitative estimate of drug-likeness (QED) is 0.135. The van der Waals surface area contributed by atoms with Gasteiger partial charge in [-0.25, -0.2) is 0 Å². The average molecular weight is 490 g/mol. The van der Waals surface area contributed by atoms with Crippen molar-refractivity contribution < 1.29 is 26.0 Å². The number of carbonyl (C=O) groups is 1. The van der Waals surface area contributed by atoms with E-state index >= 15 is 0 Å². The standard InChI is InChI=1S/C18H36O2.C6H17NO3Si.Mg.2H/c1-2-3-4-5-6-7-8-9-10-11-12-13-14-15-16-17-18(19)20;1-8-11(9-2,10-3)6-4-5-7;;;/h2-17H2,1H3,(H,19,20);4-7H2,1-3H3;;;/q;;+2;2*-1. The number of carboxylic acid groups (broad SMARTS) is 1. The van der Waals surface area contributed by atoms with Gasteiger partial charge >= 0.3 is 37.8 Å². The third-order valence-corrected chi connectivity index (χ3v) is 8.45. The number of hydrogen-bond acceptors (Lipinski definition) is 5. The Labute approximate surface area is 219 Å². The fraction of sp³-hybridized carbons (Fsp3) is 0.958. The van der Waals surface area contributed by atoms with Crippen LogP contribution in [0.3, 0.4) is 0 Å². The molecule has 0 atom stereocenters. The molecule has 32 heavy (non-hydrogen) atoms. The minimum atomic E-state index is -2.32. The van der Waals surface area contributed by atoms with Crippen molar-refractivity contribution in [1.82, 2.24) is 0 Å². The molecule has 0 saturated carbocycles. The third kappa shape index (κ3) is 26.5. The molecule has 6 nitrogen and oxygen atoms in total. The summed E-state index contributed by atoms with van der Waals surface area (Å²) in [4.78, 5) is 10.3. The van der Waals surface area contributed by atoms with Gasteiger partial charge in [0.2, 0.25) is 0 Å². The maximum atomic E-state index is 10.3. The largest absolute Gasteiger partial charge is 2.00 e. The van der Waals surface area contributed by atoms with Crippen molar-refractivity contribution in [3.8, 4) is 0 Å². The molecular weight excluding hydrogens is 435 g/mol. The van der Waals surface area contributed by atoms with Gasteiger partial charge in [-0.2, -0.15) is 0 Å². The first-order chi connectivity index (χ1) is 15.0. The molecule has 0 radical (unpaired) electrons. The summed E-state index contributed by atoms with van der Waals surface area (Å²) in [7, 11) is 2.50. The Morgan fingerprint density at radius 3 is 1.34 bits per heavy atom. The second kappa shape index (κ2) is 29.3. The monoisotopic (exact) mass is 489 g/mol. The van der Waals surface area contributed by atoms with E-state index in [0.717, 1.165) is 25.3 Å². The van der Waals surface area contributed by atoms with Crippen LogP contribution in [0.15, 0.2) is 0 Å². The van der Waals surface area contributed by atoms with Crippen LogP contribution in [0.4, 0.5) is 0 Å². The molecule has 0 aromatic rings. The maximum Gasteiger partial charge on any atom is 2.00 e. The molecule has 0 spiro atoms. The zero-order chi connectivity index (χ0) is 23.6. The van der Waals surface area contributed by atoms with Gasteiger partial charge in [-0.3, -0.25) is 4.79 Å². The van der Waals surface area contributed by atoms with Crippen molar-refractivity contribution in [3.63, 3.8) is 0 Å². The Morgan fingerprint density at radius 1 is 0.719 bits per heavy atom. The predicted molar refractivity (Wildman–Crippen MR) is 140 cm³/mol. The first-order valence-corrected chi connectivity index (χ1v) is 14.5. The first-order valence-electron chi connectivity index (χ1n) is 12.6. The van der Waals surface area contributed by atoms with E-state index in [1.54, 1.807) is 21.3 Å². The fourth-order valence-corrected chi connectivity index (χ4v) is 5.27. The van der Waals surface area contributed by atoms with Crippen LogP contribution in [0, 0.1) is 0 Å². The topological polar surface area (TPSA) is 91.0 Å². The molecule has 0 aromatic carbocycles.